The predicted molar refractivity (Wildman–Crippen MR) is 77.2 cm³/mol. The van der Waals surface area contributed by atoms with E-state index in [4.69, 9.17) is 0 Å². The van der Waals surface area contributed by atoms with Crippen LogP contribution in [-0.2, 0) is 16.6 Å². The summed E-state index contributed by atoms with van der Waals surface area (Å²) in [5.41, 5.74) is 1.63. The van der Waals surface area contributed by atoms with Gasteiger partial charge < -0.3 is 0 Å². The lowest BCUT2D eigenvalue weighted by molar-refractivity contribution is 0.101. The molecule has 21 heavy (non-hydrogen) atoms. The fourth-order valence-electron chi connectivity index (χ4n) is 1.66. The molecule has 0 aliphatic rings. The minimum absolute atomic E-state index is 0.0416. The molecular weight excluding hydrogens is 290 g/mol. The van der Waals surface area contributed by atoms with E-state index >= 15 is 0 Å². The van der Waals surface area contributed by atoms with Crippen molar-refractivity contribution in [1.82, 2.24) is 14.9 Å². The lowest BCUT2D eigenvalue weighted by atomic mass is 10.2. The molecule has 1 aromatic heterocycles. The van der Waals surface area contributed by atoms with Gasteiger partial charge in [-0.15, -0.1) is 0 Å². The van der Waals surface area contributed by atoms with Crippen LogP contribution < -0.4 is 4.72 Å². The van der Waals surface area contributed by atoms with Crippen LogP contribution in [0.2, 0.25) is 0 Å². The third kappa shape index (κ3) is 3.93. The number of hydrogen-bond donors (Lipinski definition) is 1. The highest BCUT2D eigenvalue weighted by Gasteiger charge is 2.15. The Balaban J connectivity index is 2.16. The van der Waals surface area contributed by atoms with Crippen LogP contribution in [0.25, 0.3) is 0 Å². The second-order valence-electron chi connectivity index (χ2n) is 4.57. The first-order chi connectivity index (χ1) is 9.88. The molecule has 0 saturated carbocycles. The molecule has 1 aromatic carbocycles. The Hall–Kier alpha value is -2.12. The minimum atomic E-state index is -3.69. The summed E-state index contributed by atoms with van der Waals surface area (Å²) < 4.78 is 26.8. The molecule has 2 rings (SSSR count). The molecule has 0 unspecified atom stereocenters. The molecule has 7 heteroatoms. The van der Waals surface area contributed by atoms with Gasteiger partial charge in [-0.2, -0.15) is 10.2 Å². The van der Waals surface area contributed by atoms with Gasteiger partial charge in [0.1, 0.15) is 0 Å². The van der Waals surface area contributed by atoms with E-state index in [1.165, 1.54) is 25.1 Å². The molecule has 110 valence electrons. The van der Waals surface area contributed by atoms with Crippen molar-refractivity contribution >= 4 is 15.8 Å². The number of ketones is 1. The maximum atomic E-state index is 12.2. The normalized spacial score (nSPS) is 11.3. The van der Waals surface area contributed by atoms with Gasteiger partial charge in [-0.3, -0.25) is 4.79 Å². The minimum Gasteiger partial charge on any atom is -0.295 e. The monoisotopic (exact) mass is 305 g/mol. The van der Waals surface area contributed by atoms with E-state index in [0.29, 0.717) is 11.3 Å². The van der Waals surface area contributed by atoms with Crippen molar-refractivity contribution in [2.24, 2.45) is 0 Å². The summed E-state index contributed by atoms with van der Waals surface area (Å²) in [6, 6.07) is 9.37. The zero-order chi connectivity index (χ0) is 15.5. The summed E-state index contributed by atoms with van der Waals surface area (Å²) in [6.45, 7) is 3.23. The Bertz CT molecular complexity index is 755. The molecule has 1 heterocycles. The zero-order valence-corrected chi connectivity index (χ0v) is 12.5. The first-order valence-corrected chi connectivity index (χ1v) is 7.77. The zero-order valence-electron chi connectivity index (χ0n) is 11.7. The molecule has 0 saturated heterocycles. The van der Waals surface area contributed by atoms with Crippen LogP contribution in [0.4, 0.5) is 0 Å². The van der Waals surface area contributed by atoms with E-state index < -0.39 is 10.0 Å². The predicted octanol–water partition coefficient (Wildman–Crippen LogP) is 1.47. The number of aromatic nitrogens is 2. The van der Waals surface area contributed by atoms with Gasteiger partial charge in [0, 0.05) is 5.56 Å². The first-order valence-electron chi connectivity index (χ1n) is 6.28. The summed E-state index contributed by atoms with van der Waals surface area (Å²) in [7, 11) is -3.69. The number of carbonyl (C=O) groups excluding carboxylic acids is 1. The Morgan fingerprint density at radius 2 is 1.95 bits per heavy atom. The maximum Gasteiger partial charge on any atom is 0.240 e. The second-order valence-corrected chi connectivity index (χ2v) is 6.34. The molecule has 0 fully saturated rings. The van der Waals surface area contributed by atoms with Crippen LogP contribution >= 0.6 is 0 Å². The van der Waals surface area contributed by atoms with E-state index in [9.17, 15) is 13.2 Å². The van der Waals surface area contributed by atoms with Crippen LogP contribution in [0.1, 0.15) is 28.7 Å². The van der Waals surface area contributed by atoms with Gasteiger partial charge >= 0.3 is 0 Å². The Kier molecular flexibility index (Phi) is 4.44. The fourth-order valence-corrected chi connectivity index (χ4v) is 2.70. The lowest BCUT2D eigenvalue weighted by Gasteiger charge is -2.07. The van der Waals surface area contributed by atoms with Gasteiger partial charge in [-0.25, -0.2) is 13.1 Å². The quantitative estimate of drug-likeness (QED) is 0.845. The molecule has 0 atom stereocenters. The van der Waals surface area contributed by atoms with Crippen molar-refractivity contribution in [2.45, 2.75) is 25.3 Å². The molecule has 6 nitrogen and oxygen atoms in total. The maximum absolute atomic E-state index is 12.2. The van der Waals surface area contributed by atoms with E-state index in [2.05, 4.69) is 14.9 Å². The van der Waals surface area contributed by atoms with Crippen molar-refractivity contribution in [1.29, 1.82) is 0 Å². The molecule has 1 N–H and O–H groups in total. The summed E-state index contributed by atoms with van der Waals surface area (Å²) in [5, 5.41) is 7.75. The van der Waals surface area contributed by atoms with E-state index in [1.54, 1.807) is 25.1 Å². The smallest absolute Gasteiger partial charge is 0.240 e. The molecule has 0 amide bonds. The summed E-state index contributed by atoms with van der Waals surface area (Å²) in [4.78, 5) is 11.4. The van der Waals surface area contributed by atoms with E-state index in [1.807, 2.05) is 0 Å². The van der Waals surface area contributed by atoms with Crippen LogP contribution in [0, 0.1) is 6.92 Å². The fraction of sp³-hybridized carbons (Fsp3) is 0.214. The molecule has 0 radical (unpaired) electrons. The van der Waals surface area contributed by atoms with E-state index in [-0.39, 0.29) is 17.2 Å². The van der Waals surface area contributed by atoms with Gasteiger partial charge in [-0.1, -0.05) is 12.1 Å². The number of nitrogens with zero attached hydrogens (tertiary/aromatic N) is 2. The van der Waals surface area contributed by atoms with Crippen LogP contribution in [-0.4, -0.2) is 24.4 Å². The van der Waals surface area contributed by atoms with Gasteiger partial charge in [-0.05, 0) is 38.1 Å². The second kappa shape index (κ2) is 6.11. The largest absolute Gasteiger partial charge is 0.295 e. The van der Waals surface area contributed by atoms with Crippen molar-refractivity contribution < 1.29 is 13.2 Å². The molecule has 0 aliphatic heterocycles. The van der Waals surface area contributed by atoms with Crippen molar-refractivity contribution in [3.63, 3.8) is 0 Å². The molecule has 2 aromatic rings. The van der Waals surface area contributed by atoms with Crippen LogP contribution in [0.3, 0.4) is 0 Å². The number of rotatable bonds is 5. The number of sulfonamides is 1. The third-order valence-corrected chi connectivity index (χ3v) is 4.25. The lowest BCUT2D eigenvalue weighted by Crippen LogP contribution is -2.24. The number of aryl methyl sites for hydroxylation is 1. The summed E-state index contributed by atoms with van der Waals surface area (Å²) >= 11 is 0. The van der Waals surface area contributed by atoms with Gasteiger partial charge in [0.15, 0.2) is 5.78 Å². The van der Waals surface area contributed by atoms with Crippen molar-refractivity contribution in [3.05, 3.63) is 53.3 Å². The first kappa shape index (κ1) is 15.3. The van der Waals surface area contributed by atoms with Crippen LogP contribution in [0.15, 0.2) is 41.3 Å². The molecule has 0 spiro atoms. The molecular formula is C14H15N3O3S. The number of hydrogen-bond acceptors (Lipinski definition) is 5. The highest BCUT2D eigenvalue weighted by molar-refractivity contribution is 7.89. The highest BCUT2D eigenvalue weighted by atomic mass is 32.2. The number of Topliss-reactive ketones (excluding diaryl/α,β-unsaturated/α-hetero) is 1. The summed E-state index contributed by atoms with van der Waals surface area (Å²) in [5.74, 6) is -0.184. The van der Waals surface area contributed by atoms with E-state index in [0.717, 1.165) is 5.69 Å². The average molecular weight is 305 g/mol. The Labute approximate surface area is 123 Å². The highest BCUT2D eigenvalue weighted by Crippen LogP contribution is 2.12. The van der Waals surface area contributed by atoms with Crippen LogP contribution in [0.5, 0.6) is 0 Å². The average Bonchev–Trinajstić information content (AvgIpc) is 2.47. The van der Waals surface area contributed by atoms with Crippen molar-refractivity contribution in [3.8, 4) is 0 Å². The van der Waals surface area contributed by atoms with Gasteiger partial charge in [0.05, 0.1) is 22.8 Å². The molecule has 0 bridgehead atoms. The molecule has 0 aliphatic carbocycles. The van der Waals surface area contributed by atoms with Crippen molar-refractivity contribution in [2.75, 3.05) is 0 Å². The summed E-state index contributed by atoms with van der Waals surface area (Å²) in [6.07, 6.45) is 0. The van der Waals surface area contributed by atoms with Gasteiger partial charge in [0.25, 0.3) is 0 Å². The number of nitrogens with one attached hydrogen (secondary N) is 1. The third-order valence-electron chi connectivity index (χ3n) is 2.85. The Morgan fingerprint density at radius 1 is 1.19 bits per heavy atom. The SMILES string of the molecule is CC(=O)c1cccc(S(=O)(=O)NCc2ccc(C)nn2)c1. The number of benzene rings is 1. The Morgan fingerprint density at radius 3 is 2.57 bits per heavy atom. The van der Waals surface area contributed by atoms with Gasteiger partial charge in [0.2, 0.25) is 10.0 Å². The number of carbonyl (C=O) groups is 1. The topological polar surface area (TPSA) is 89.0 Å². The standard InChI is InChI=1S/C14H15N3O3S/c1-10-6-7-13(17-16-10)9-15-21(19,20)14-5-3-4-12(8-14)11(2)18/h3-8,15H,9H2,1-2H3.